The van der Waals surface area contributed by atoms with Crippen LogP contribution in [0.2, 0.25) is 0 Å². The molecule has 0 saturated carbocycles. The molecule has 142 valence electrons. The fraction of sp³-hybridized carbons (Fsp3) is 0.364. The molecule has 5 heteroatoms. The molecule has 3 rings (SSSR count). The van der Waals surface area contributed by atoms with Crippen LogP contribution in [0.3, 0.4) is 0 Å². The molecule has 0 spiro atoms. The van der Waals surface area contributed by atoms with Crippen molar-refractivity contribution in [1.29, 1.82) is 0 Å². The maximum atomic E-state index is 12.4. The van der Waals surface area contributed by atoms with Crippen molar-refractivity contribution in [3.05, 3.63) is 70.8 Å². The highest BCUT2D eigenvalue weighted by molar-refractivity contribution is 5.91. The number of rotatable bonds is 5. The van der Waals surface area contributed by atoms with Crippen molar-refractivity contribution in [2.75, 3.05) is 32.8 Å². The molecular formula is C22H26N2O3. The van der Waals surface area contributed by atoms with E-state index in [1.165, 1.54) is 5.56 Å². The van der Waals surface area contributed by atoms with E-state index in [4.69, 9.17) is 4.74 Å². The van der Waals surface area contributed by atoms with E-state index in [1.54, 1.807) is 17.0 Å². The number of nitrogens with zero attached hydrogens (tertiary/aromatic N) is 2. The molecule has 0 aromatic heterocycles. The molecule has 2 aromatic rings. The van der Waals surface area contributed by atoms with E-state index in [0.717, 1.165) is 30.8 Å². The number of amides is 1. The van der Waals surface area contributed by atoms with Crippen LogP contribution < -0.4 is 0 Å². The molecule has 1 heterocycles. The number of esters is 1. The number of ether oxygens (including phenoxy) is 1. The first-order valence-corrected chi connectivity index (χ1v) is 9.31. The van der Waals surface area contributed by atoms with Crippen molar-refractivity contribution in [3.8, 4) is 0 Å². The van der Waals surface area contributed by atoms with Gasteiger partial charge in [-0.2, -0.15) is 0 Å². The molecule has 1 saturated heterocycles. The van der Waals surface area contributed by atoms with Gasteiger partial charge in [-0.1, -0.05) is 36.4 Å². The van der Waals surface area contributed by atoms with Crippen LogP contribution in [-0.4, -0.2) is 54.5 Å². The van der Waals surface area contributed by atoms with Crippen molar-refractivity contribution >= 4 is 11.9 Å². The summed E-state index contributed by atoms with van der Waals surface area (Å²) in [4.78, 5) is 28.6. The molecule has 0 atom stereocenters. The lowest BCUT2D eigenvalue weighted by molar-refractivity contribution is -0.136. The van der Waals surface area contributed by atoms with Gasteiger partial charge in [0, 0.05) is 32.7 Å². The minimum Gasteiger partial charge on any atom is -0.452 e. The van der Waals surface area contributed by atoms with E-state index in [2.05, 4.69) is 17.0 Å². The molecule has 5 nitrogen and oxygen atoms in total. The standard InChI is InChI=1S/C22H26N2O3/c1-17-8-9-20(14-18(17)2)22(26)27-16-21(25)24-12-10-23(11-13-24)15-19-6-4-3-5-7-19/h3-9,14H,10-13,15-16H2,1-2H3. The minimum atomic E-state index is -0.450. The number of hydrogen-bond donors (Lipinski definition) is 0. The van der Waals surface area contributed by atoms with Crippen molar-refractivity contribution in [2.45, 2.75) is 20.4 Å². The summed E-state index contributed by atoms with van der Waals surface area (Å²) in [5.41, 5.74) is 3.92. The largest absolute Gasteiger partial charge is 0.452 e. The molecule has 1 fully saturated rings. The summed E-state index contributed by atoms with van der Waals surface area (Å²) in [6.45, 7) is 7.60. The Morgan fingerprint density at radius 3 is 2.30 bits per heavy atom. The second-order valence-electron chi connectivity index (χ2n) is 7.02. The fourth-order valence-electron chi connectivity index (χ4n) is 3.17. The van der Waals surface area contributed by atoms with E-state index in [9.17, 15) is 9.59 Å². The van der Waals surface area contributed by atoms with Gasteiger partial charge in [0.25, 0.3) is 5.91 Å². The molecule has 2 aromatic carbocycles. The van der Waals surface area contributed by atoms with E-state index in [0.29, 0.717) is 18.7 Å². The van der Waals surface area contributed by atoms with Crippen LogP contribution in [0, 0.1) is 13.8 Å². The Bertz CT molecular complexity index is 796. The maximum absolute atomic E-state index is 12.4. The molecule has 0 N–H and O–H groups in total. The van der Waals surface area contributed by atoms with Gasteiger partial charge in [0.2, 0.25) is 0 Å². The topological polar surface area (TPSA) is 49.9 Å². The first-order valence-electron chi connectivity index (χ1n) is 9.31. The van der Waals surface area contributed by atoms with Crippen molar-refractivity contribution < 1.29 is 14.3 Å². The van der Waals surface area contributed by atoms with Crippen molar-refractivity contribution in [2.24, 2.45) is 0 Å². The first-order chi connectivity index (χ1) is 13.0. The quantitative estimate of drug-likeness (QED) is 0.764. The zero-order chi connectivity index (χ0) is 19.2. The van der Waals surface area contributed by atoms with E-state index in [1.807, 2.05) is 38.1 Å². The van der Waals surface area contributed by atoms with Crippen LogP contribution in [0.15, 0.2) is 48.5 Å². The lowest BCUT2D eigenvalue weighted by atomic mass is 10.1. The molecule has 0 radical (unpaired) electrons. The summed E-state index contributed by atoms with van der Waals surface area (Å²) in [5.74, 6) is -0.583. The highest BCUT2D eigenvalue weighted by Gasteiger charge is 2.22. The Morgan fingerprint density at radius 1 is 0.926 bits per heavy atom. The zero-order valence-corrected chi connectivity index (χ0v) is 16.0. The summed E-state index contributed by atoms with van der Waals surface area (Å²) in [6.07, 6.45) is 0. The number of aryl methyl sites for hydroxylation is 2. The lowest BCUT2D eigenvalue weighted by Gasteiger charge is -2.34. The molecule has 0 aliphatic carbocycles. The van der Waals surface area contributed by atoms with Gasteiger partial charge in [0.15, 0.2) is 6.61 Å². The smallest absolute Gasteiger partial charge is 0.338 e. The summed E-state index contributed by atoms with van der Waals surface area (Å²) in [5, 5.41) is 0. The van der Waals surface area contributed by atoms with Gasteiger partial charge in [0.05, 0.1) is 5.56 Å². The van der Waals surface area contributed by atoms with Gasteiger partial charge >= 0.3 is 5.97 Å². The average Bonchev–Trinajstić information content (AvgIpc) is 2.69. The number of piperazine rings is 1. The Balaban J connectivity index is 1.44. The van der Waals surface area contributed by atoms with Gasteiger partial charge in [-0.05, 0) is 42.7 Å². The third-order valence-electron chi connectivity index (χ3n) is 5.04. The summed E-state index contributed by atoms with van der Waals surface area (Å²) in [6, 6.07) is 15.7. The molecule has 1 amide bonds. The van der Waals surface area contributed by atoms with E-state index >= 15 is 0 Å². The van der Waals surface area contributed by atoms with Crippen LogP contribution in [0.4, 0.5) is 0 Å². The van der Waals surface area contributed by atoms with Gasteiger partial charge < -0.3 is 9.64 Å². The zero-order valence-electron chi connectivity index (χ0n) is 16.0. The number of carbonyl (C=O) groups is 2. The van der Waals surface area contributed by atoms with Crippen LogP contribution in [0.1, 0.15) is 27.0 Å². The third-order valence-corrected chi connectivity index (χ3v) is 5.04. The normalized spacial score (nSPS) is 14.8. The predicted molar refractivity (Wildman–Crippen MR) is 104 cm³/mol. The Hall–Kier alpha value is -2.66. The van der Waals surface area contributed by atoms with Crippen LogP contribution in [-0.2, 0) is 16.1 Å². The lowest BCUT2D eigenvalue weighted by Crippen LogP contribution is -2.49. The fourth-order valence-corrected chi connectivity index (χ4v) is 3.17. The van der Waals surface area contributed by atoms with Crippen molar-refractivity contribution in [1.82, 2.24) is 9.80 Å². The molecule has 1 aliphatic heterocycles. The average molecular weight is 366 g/mol. The van der Waals surface area contributed by atoms with Gasteiger partial charge in [-0.3, -0.25) is 9.69 Å². The van der Waals surface area contributed by atoms with Gasteiger partial charge in [0.1, 0.15) is 0 Å². The highest BCUT2D eigenvalue weighted by Crippen LogP contribution is 2.12. The summed E-state index contributed by atoms with van der Waals surface area (Å²) < 4.78 is 5.22. The molecule has 0 bridgehead atoms. The summed E-state index contributed by atoms with van der Waals surface area (Å²) in [7, 11) is 0. The minimum absolute atomic E-state index is 0.133. The molecule has 27 heavy (non-hydrogen) atoms. The van der Waals surface area contributed by atoms with Crippen molar-refractivity contribution in [3.63, 3.8) is 0 Å². The Morgan fingerprint density at radius 2 is 1.63 bits per heavy atom. The number of carbonyl (C=O) groups excluding carboxylic acids is 2. The van der Waals surface area contributed by atoms with Gasteiger partial charge in [-0.15, -0.1) is 0 Å². The number of hydrogen-bond acceptors (Lipinski definition) is 4. The third kappa shape index (κ3) is 5.17. The van der Waals surface area contributed by atoms with Crippen LogP contribution >= 0.6 is 0 Å². The van der Waals surface area contributed by atoms with Crippen LogP contribution in [0.5, 0.6) is 0 Å². The highest BCUT2D eigenvalue weighted by atomic mass is 16.5. The molecule has 1 aliphatic rings. The second-order valence-corrected chi connectivity index (χ2v) is 7.02. The summed E-state index contributed by atoms with van der Waals surface area (Å²) >= 11 is 0. The molecular weight excluding hydrogens is 340 g/mol. The SMILES string of the molecule is Cc1ccc(C(=O)OCC(=O)N2CCN(Cc3ccccc3)CC2)cc1C. The molecule has 0 unspecified atom stereocenters. The van der Waals surface area contributed by atoms with Crippen LogP contribution in [0.25, 0.3) is 0 Å². The Labute approximate surface area is 160 Å². The van der Waals surface area contributed by atoms with E-state index < -0.39 is 5.97 Å². The predicted octanol–water partition coefficient (Wildman–Crippen LogP) is 2.80. The monoisotopic (exact) mass is 366 g/mol. The second kappa shape index (κ2) is 8.82. The maximum Gasteiger partial charge on any atom is 0.338 e. The van der Waals surface area contributed by atoms with Gasteiger partial charge in [-0.25, -0.2) is 4.79 Å². The number of benzene rings is 2. The van der Waals surface area contributed by atoms with E-state index in [-0.39, 0.29) is 12.5 Å². The first kappa shape index (κ1) is 19.1. The Kier molecular flexibility index (Phi) is 6.24.